The molecule has 0 bridgehead atoms. The molecule has 3 heteroatoms. The summed E-state index contributed by atoms with van der Waals surface area (Å²) in [6.45, 7) is 6.57. The third-order valence-corrected chi connectivity index (χ3v) is 2.84. The van der Waals surface area contributed by atoms with E-state index in [1.165, 1.54) is 0 Å². The van der Waals surface area contributed by atoms with Crippen LogP contribution in [0.15, 0.2) is 0 Å². The van der Waals surface area contributed by atoms with E-state index in [1.807, 2.05) is 0 Å². The third kappa shape index (κ3) is 6.65. The molecule has 8 heavy (non-hydrogen) atoms. The molecule has 0 heterocycles. The van der Waals surface area contributed by atoms with Crippen molar-refractivity contribution in [3.05, 3.63) is 0 Å². The van der Waals surface area contributed by atoms with Crippen molar-refractivity contribution in [3.63, 3.8) is 0 Å². The van der Waals surface area contributed by atoms with Crippen LogP contribution in [-0.4, -0.2) is 26.2 Å². The Bertz CT molecular complexity index is 118. The zero-order valence-corrected chi connectivity index (χ0v) is 8.53. The summed E-state index contributed by atoms with van der Waals surface area (Å²) in [7, 11) is 0. The molecular weight excluding hydrogens is 232 g/mol. The quantitative estimate of drug-likeness (QED) is 0.512. The molecule has 0 aliphatic heterocycles. The van der Waals surface area contributed by atoms with E-state index in [0.717, 1.165) is 6.16 Å². The van der Waals surface area contributed by atoms with E-state index in [9.17, 15) is 0 Å². The first-order valence-corrected chi connectivity index (χ1v) is 8.95. The number of halogens is 1. The topological polar surface area (TPSA) is 23.8 Å². The van der Waals surface area contributed by atoms with Crippen LogP contribution in [-0.2, 0) is 0 Å². The van der Waals surface area contributed by atoms with Gasteiger partial charge in [-0.15, -0.1) is 0 Å². The monoisotopic (exact) mass is 243 g/mol. The van der Waals surface area contributed by atoms with Crippen LogP contribution in [0.3, 0.4) is 0 Å². The van der Waals surface area contributed by atoms with Gasteiger partial charge in [-0.2, -0.15) is 0 Å². The summed E-state index contributed by atoms with van der Waals surface area (Å²) in [5.74, 6) is 0. The van der Waals surface area contributed by atoms with Crippen LogP contribution in [0.4, 0.5) is 0 Å². The maximum absolute atomic E-state index is 8.34. The summed E-state index contributed by atoms with van der Waals surface area (Å²) in [5, 5.41) is 8.34. The van der Waals surface area contributed by atoms with Gasteiger partial charge in [0.15, 0.2) is 0 Å². The SMILES string of the molecule is CP(C)(C)(I)CC#N. The average Bonchev–Trinajstić information content (AvgIpc) is 1.25. The molecule has 48 valence electrons. The van der Waals surface area contributed by atoms with Crippen molar-refractivity contribution in [3.8, 4) is 6.07 Å². The van der Waals surface area contributed by atoms with E-state index in [2.05, 4.69) is 48.1 Å². The number of nitrogens with zero attached hydrogens (tertiary/aromatic N) is 1. The molecular formula is C5H11INP. The van der Waals surface area contributed by atoms with Gasteiger partial charge in [-0.25, -0.2) is 0 Å². The normalized spacial score (nSPS) is 16.1. The van der Waals surface area contributed by atoms with Gasteiger partial charge in [0.25, 0.3) is 0 Å². The first kappa shape index (κ1) is 8.65. The Kier molecular flexibility index (Phi) is 2.29. The summed E-state index contributed by atoms with van der Waals surface area (Å²) in [4.78, 5) is 0. The Morgan fingerprint density at radius 2 is 1.88 bits per heavy atom. The number of rotatable bonds is 1. The van der Waals surface area contributed by atoms with E-state index in [0.29, 0.717) is 0 Å². The Morgan fingerprint density at radius 3 is 1.88 bits per heavy atom. The molecule has 0 aromatic heterocycles. The maximum atomic E-state index is 8.34. The van der Waals surface area contributed by atoms with Crippen LogP contribution in [0.1, 0.15) is 0 Å². The van der Waals surface area contributed by atoms with Crippen molar-refractivity contribution in [2.75, 3.05) is 26.2 Å². The van der Waals surface area contributed by atoms with Crippen molar-refractivity contribution in [1.29, 1.82) is 5.26 Å². The van der Waals surface area contributed by atoms with Crippen molar-refractivity contribution in [2.45, 2.75) is 0 Å². The van der Waals surface area contributed by atoms with Gasteiger partial charge in [0.2, 0.25) is 0 Å². The molecule has 0 spiro atoms. The molecule has 0 unspecified atom stereocenters. The van der Waals surface area contributed by atoms with Crippen LogP contribution in [0.2, 0.25) is 0 Å². The van der Waals surface area contributed by atoms with Gasteiger partial charge in [0, 0.05) is 0 Å². The molecule has 0 amide bonds. The summed E-state index contributed by atoms with van der Waals surface area (Å²) < 4.78 is -1.50. The van der Waals surface area contributed by atoms with Crippen molar-refractivity contribution < 1.29 is 0 Å². The molecule has 0 radical (unpaired) electrons. The second kappa shape index (κ2) is 2.11. The molecule has 0 saturated heterocycles. The fourth-order valence-corrected chi connectivity index (χ4v) is 1.17. The minimum absolute atomic E-state index is 0.728. The van der Waals surface area contributed by atoms with E-state index < -0.39 is 4.25 Å². The molecule has 0 atom stereocenters. The Labute approximate surface area is 63.9 Å². The van der Waals surface area contributed by atoms with Crippen molar-refractivity contribution in [1.82, 2.24) is 0 Å². The molecule has 0 aromatic rings. The van der Waals surface area contributed by atoms with Gasteiger partial charge in [-0.05, 0) is 0 Å². The molecule has 0 aliphatic carbocycles. The summed E-state index contributed by atoms with van der Waals surface area (Å²) in [6, 6.07) is 2.20. The fraction of sp³-hybridized carbons (Fsp3) is 0.800. The standard InChI is InChI=1S/C5H11INP/c1-8(2,3,6)5-4-7/h5H2,1-3H3. The summed E-state index contributed by atoms with van der Waals surface area (Å²) >= 11 is 2.42. The van der Waals surface area contributed by atoms with E-state index in [-0.39, 0.29) is 0 Å². The molecule has 0 N–H and O–H groups in total. The van der Waals surface area contributed by atoms with Crippen LogP contribution in [0.5, 0.6) is 0 Å². The minimum atomic E-state index is -1.50. The predicted octanol–water partition coefficient (Wildman–Crippen LogP) is 2.30. The number of hydrogen-bond acceptors (Lipinski definition) is 1. The molecule has 0 rings (SSSR count). The van der Waals surface area contributed by atoms with E-state index >= 15 is 0 Å². The molecule has 0 aliphatic rings. The Morgan fingerprint density at radius 1 is 1.50 bits per heavy atom. The number of hydrogen-bond donors (Lipinski definition) is 0. The van der Waals surface area contributed by atoms with Crippen LogP contribution in [0, 0.1) is 11.3 Å². The van der Waals surface area contributed by atoms with Gasteiger partial charge in [0.1, 0.15) is 0 Å². The van der Waals surface area contributed by atoms with Gasteiger partial charge in [-0.3, -0.25) is 0 Å². The Balaban J connectivity index is 3.98. The molecule has 0 aromatic carbocycles. The third-order valence-electron chi connectivity index (χ3n) is 0.605. The fourth-order valence-electron chi connectivity index (χ4n) is 0.239. The van der Waals surface area contributed by atoms with Crippen molar-refractivity contribution >= 4 is 26.3 Å². The van der Waals surface area contributed by atoms with E-state index in [4.69, 9.17) is 5.26 Å². The summed E-state index contributed by atoms with van der Waals surface area (Å²) in [6.07, 6.45) is 0.728. The van der Waals surface area contributed by atoms with Gasteiger partial charge in [0.05, 0.1) is 0 Å². The van der Waals surface area contributed by atoms with Crippen LogP contribution < -0.4 is 0 Å². The van der Waals surface area contributed by atoms with E-state index in [1.54, 1.807) is 0 Å². The van der Waals surface area contributed by atoms with Gasteiger partial charge >= 0.3 is 63.8 Å². The van der Waals surface area contributed by atoms with Crippen LogP contribution >= 0.6 is 26.3 Å². The van der Waals surface area contributed by atoms with Gasteiger partial charge < -0.3 is 0 Å². The van der Waals surface area contributed by atoms with Gasteiger partial charge in [-0.1, -0.05) is 0 Å². The summed E-state index contributed by atoms with van der Waals surface area (Å²) in [5.41, 5.74) is 0. The second-order valence-electron chi connectivity index (χ2n) is 3.23. The number of nitriles is 1. The molecule has 1 nitrogen and oxygen atoms in total. The first-order valence-electron chi connectivity index (χ1n) is 2.40. The predicted molar refractivity (Wildman–Crippen MR) is 49.2 cm³/mol. The molecule has 0 fully saturated rings. The zero-order valence-electron chi connectivity index (χ0n) is 5.48. The molecule has 0 saturated carbocycles. The first-order chi connectivity index (χ1) is 3.31. The van der Waals surface area contributed by atoms with Crippen LogP contribution in [0.25, 0.3) is 0 Å². The zero-order chi connectivity index (χ0) is 6.86. The second-order valence-corrected chi connectivity index (χ2v) is 20.1. The van der Waals surface area contributed by atoms with Crippen molar-refractivity contribution in [2.24, 2.45) is 0 Å². The average molecular weight is 243 g/mol. The Hall–Kier alpha value is 0.650.